The van der Waals surface area contributed by atoms with Gasteiger partial charge in [-0.2, -0.15) is 13.2 Å². The number of carbonyl (C=O) groups excluding carboxylic acids is 1. The van der Waals surface area contributed by atoms with Gasteiger partial charge in [0.05, 0.1) is 5.56 Å². The van der Waals surface area contributed by atoms with Crippen LogP contribution >= 0.6 is 0 Å². The van der Waals surface area contributed by atoms with Crippen molar-refractivity contribution in [3.63, 3.8) is 0 Å². The molecule has 0 saturated heterocycles. The molecule has 4 rings (SSSR count). The number of nitrogens with one attached hydrogen (secondary N) is 1. The normalized spacial score (nSPS) is 11.4. The molecule has 0 aliphatic rings. The summed E-state index contributed by atoms with van der Waals surface area (Å²) in [7, 11) is 0. The van der Waals surface area contributed by atoms with E-state index in [1.54, 1.807) is 4.90 Å². The molecule has 0 aliphatic heterocycles. The monoisotopic (exact) mass is 502 g/mol. The van der Waals surface area contributed by atoms with Gasteiger partial charge in [-0.1, -0.05) is 90.5 Å². The number of carbonyl (C=O) groups is 1. The van der Waals surface area contributed by atoms with Crippen LogP contribution in [-0.2, 0) is 12.7 Å². The molecule has 0 aromatic heterocycles. The third kappa shape index (κ3) is 7.23. The number of benzene rings is 4. The predicted molar refractivity (Wildman–Crippen MR) is 141 cm³/mol. The average molecular weight is 503 g/mol. The maximum Gasteiger partial charge on any atom is 0.416 e. The number of aryl methyl sites for hydroxylation is 1. The van der Waals surface area contributed by atoms with Gasteiger partial charge < -0.3 is 10.2 Å². The topological polar surface area (TPSA) is 32.3 Å². The van der Waals surface area contributed by atoms with E-state index in [0.717, 1.165) is 28.8 Å². The number of hydrogen-bond acceptors (Lipinski definition) is 1. The van der Waals surface area contributed by atoms with Gasteiger partial charge in [0, 0.05) is 24.7 Å². The fraction of sp³-hybridized carbons (Fsp3) is 0.194. The van der Waals surface area contributed by atoms with Crippen molar-refractivity contribution in [1.82, 2.24) is 4.90 Å². The molecule has 37 heavy (non-hydrogen) atoms. The quantitative estimate of drug-likeness (QED) is 0.258. The van der Waals surface area contributed by atoms with Gasteiger partial charge in [-0.25, -0.2) is 4.79 Å². The zero-order chi connectivity index (χ0) is 26.3. The van der Waals surface area contributed by atoms with Crippen LogP contribution in [0.5, 0.6) is 0 Å². The number of anilines is 1. The highest BCUT2D eigenvalue weighted by atomic mass is 19.4. The van der Waals surface area contributed by atoms with Gasteiger partial charge in [-0.3, -0.25) is 0 Å². The van der Waals surface area contributed by atoms with E-state index in [1.165, 1.54) is 12.1 Å². The van der Waals surface area contributed by atoms with Gasteiger partial charge in [-0.05, 0) is 54.3 Å². The van der Waals surface area contributed by atoms with Crippen molar-refractivity contribution in [2.75, 3.05) is 11.9 Å². The molecular weight excluding hydrogens is 473 g/mol. The molecular formula is C31H29F3N2O. The Morgan fingerprint density at radius 1 is 0.784 bits per heavy atom. The Balaban J connectivity index is 1.57. The zero-order valence-corrected chi connectivity index (χ0v) is 20.6. The van der Waals surface area contributed by atoms with Crippen molar-refractivity contribution in [2.45, 2.75) is 32.0 Å². The Labute approximate surface area is 215 Å². The molecule has 1 N–H and O–H groups in total. The number of urea groups is 1. The standard InChI is InChI=1S/C31H29F3N2O/c1-23-12-18-28(19-13-23)35-30(37)36(22-24-14-16-27(17-15-24)31(32,33)34)21-20-29(25-8-4-2-5-9-25)26-10-6-3-7-11-26/h2-19,29H,20-22H2,1H3,(H,35,37). The number of rotatable bonds is 8. The van der Waals surface area contributed by atoms with Crippen LogP contribution in [-0.4, -0.2) is 17.5 Å². The van der Waals surface area contributed by atoms with E-state index < -0.39 is 11.7 Å². The Hall–Kier alpha value is -4.06. The lowest BCUT2D eigenvalue weighted by atomic mass is 9.88. The summed E-state index contributed by atoms with van der Waals surface area (Å²) in [5, 5.41) is 2.94. The first-order valence-electron chi connectivity index (χ1n) is 12.2. The van der Waals surface area contributed by atoms with Crippen LogP contribution in [0, 0.1) is 6.92 Å². The Bertz CT molecular complexity index is 1230. The van der Waals surface area contributed by atoms with E-state index in [1.807, 2.05) is 67.6 Å². The van der Waals surface area contributed by atoms with Crippen molar-refractivity contribution in [3.05, 3.63) is 137 Å². The molecule has 0 spiro atoms. The Morgan fingerprint density at radius 3 is 1.84 bits per heavy atom. The average Bonchev–Trinajstić information content (AvgIpc) is 2.90. The molecule has 0 fully saturated rings. The van der Waals surface area contributed by atoms with E-state index in [2.05, 4.69) is 29.6 Å². The van der Waals surface area contributed by atoms with E-state index in [9.17, 15) is 18.0 Å². The first-order valence-corrected chi connectivity index (χ1v) is 12.2. The SMILES string of the molecule is Cc1ccc(NC(=O)N(CCC(c2ccccc2)c2ccccc2)Cc2ccc(C(F)(F)F)cc2)cc1. The first kappa shape index (κ1) is 26.0. The second kappa shape index (κ2) is 11.8. The first-order chi connectivity index (χ1) is 17.8. The molecule has 4 aromatic carbocycles. The highest BCUT2D eigenvalue weighted by Gasteiger charge is 2.30. The molecule has 4 aromatic rings. The zero-order valence-electron chi connectivity index (χ0n) is 20.6. The summed E-state index contributed by atoms with van der Waals surface area (Å²) < 4.78 is 39.1. The van der Waals surface area contributed by atoms with Crippen molar-refractivity contribution in [1.29, 1.82) is 0 Å². The number of hydrogen-bond donors (Lipinski definition) is 1. The van der Waals surface area contributed by atoms with Crippen molar-refractivity contribution in [2.24, 2.45) is 0 Å². The molecule has 0 aliphatic carbocycles. The molecule has 0 heterocycles. The summed E-state index contributed by atoms with van der Waals surface area (Å²) in [6.07, 6.45) is -3.75. The van der Waals surface area contributed by atoms with Gasteiger partial charge in [0.1, 0.15) is 0 Å². The maximum absolute atomic E-state index is 13.3. The molecule has 0 radical (unpaired) electrons. The highest BCUT2D eigenvalue weighted by Crippen LogP contribution is 2.30. The number of nitrogens with zero attached hydrogens (tertiary/aromatic N) is 1. The van der Waals surface area contributed by atoms with Crippen LogP contribution in [0.1, 0.15) is 40.2 Å². The molecule has 2 amide bonds. The van der Waals surface area contributed by atoms with Crippen LogP contribution in [0.25, 0.3) is 0 Å². The van der Waals surface area contributed by atoms with Crippen LogP contribution < -0.4 is 5.32 Å². The number of halogens is 3. The third-order valence-corrected chi connectivity index (χ3v) is 6.34. The van der Waals surface area contributed by atoms with E-state index in [4.69, 9.17) is 0 Å². The second-order valence-corrected chi connectivity index (χ2v) is 9.08. The fourth-order valence-corrected chi connectivity index (χ4v) is 4.29. The fourth-order valence-electron chi connectivity index (χ4n) is 4.29. The summed E-state index contributed by atoms with van der Waals surface area (Å²) in [4.78, 5) is 15.0. The predicted octanol–water partition coefficient (Wildman–Crippen LogP) is 8.27. The third-order valence-electron chi connectivity index (χ3n) is 6.34. The number of alkyl halides is 3. The van der Waals surface area contributed by atoms with Gasteiger partial charge in [0.15, 0.2) is 0 Å². The van der Waals surface area contributed by atoms with Gasteiger partial charge in [0.2, 0.25) is 0 Å². The van der Waals surface area contributed by atoms with Crippen LogP contribution in [0.15, 0.2) is 109 Å². The molecule has 3 nitrogen and oxygen atoms in total. The Morgan fingerprint density at radius 2 is 1.32 bits per heavy atom. The largest absolute Gasteiger partial charge is 0.416 e. The summed E-state index contributed by atoms with van der Waals surface area (Å²) in [6.45, 7) is 2.56. The molecule has 0 atom stereocenters. The van der Waals surface area contributed by atoms with Crippen LogP contribution in [0.4, 0.5) is 23.7 Å². The van der Waals surface area contributed by atoms with E-state index >= 15 is 0 Å². The summed E-state index contributed by atoms with van der Waals surface area (Å²) in [5.41, 5.74) is 3.94. The molecule has 0 bridgehead atoms. The van der Waals surface area contributed by atoms with Crippen LogP contribution in [0.2, 0.25) is 0 Å². The lowest BCUT2D eigenvalue weighted by Crippen LogP contribution is -2.36. The molecule has 0 unspecified atom stereocenters. The summed E-state index contributed by atoms with van der Waals surface area (Å²) >= 11 is 0. The molecule has 190 valence electrons. The minimum atomic E-state index is -4.40. The van der Waals surface area contributed by atoms with Gasteiger partial charge in [0.25, 0.3) is 0 Å². The summed E-state index contributed by atoms with van der Waals surface area (Å²) in [5.74, 6) is 0.0599. The van der Waals surface area contributed by atoms with Gasteiger partial charge >= 0.3 is 12.2 Å². The van der Waals surface area contributed by atoms with E-state index in [0.29, 0.717) is 24.2 Å². The molecule has 6 heteroatoms. The minimum Gasteiger partial charge on any atom is -0.320 e. The lowest BCUT2D eigenvalue weighted by Gasteiger charge is -2.27. The van der Waals surface area contributed by atoms with E-state index in [-0.39, 0.29) is 18.5 Å². The summed E-state index contributed by atoms with van der Waals surface area (Å²) in [6, 6.07) is 32.4. The van der Waals surface area contributed by atoms with Gasteiger partial charge in [-0.15, -0.1) is 0 Å². The van der Waals surface area contributed by atoms with Crippen LogP contribution in [0.3, 0.4) is 0 Å². The highest BCUT2D eigenvalue weighted by molar-refractivity contribution is 5.89. The van der Waals surface area contributed by atoms with Crippen molar-refractivity contribution in [3.8, 4) is 0 Å². The smallest absolute Gasteiger partial charge is 0.320 e. The lowest BCUT2D eigenvalue weighted by molar-refractivity contribution is -0.137. The molecule has 0 saturated carbocycles. The second-order valence-electron chi connectivity index (χ2n) is 9.08. The minimum absolute atomic E-state index is 0.0599. The number of amides is 2. The Kier molecular flexibility index (Phi) is 8.29. The van der Waals surface area contributed by atoms with Crippen molar-refractivity contribution < 1.29 is 18.0 Å². The maximum atomic E-state index is 13.3. The van der Waals surface area contributed by atoms with Crippen molar-refractivity contribution >= 4 is 11.7 Å².